The second-order valence-electron chi connectivity index (χ2n) is 5.23. The minimum Gasteiger partial charge on any atom is -0.423 e. The first-order valence-corrected chi connectivity index (χ1v) is 7.09. The Morgan fingerprint density at radius 1 is 1.55 bits per heavy atom. The number of hydrogen-bond acceptors (Lipinski definition) is 4. The monoisotopic (exact) mass is 293 g/mol. The number of carbonyl (C=O) groups is 1. The van der Waals surface area contributed by atoms with E-state index in [-0.39, 0.29) is 11.8 Å². The highest BCUT2D eigenvalue weighted by atomic mass is 35.5. The summed E-state index contributed by atoms with van der Waals surface area (Å²) in [4.78, 5) is 17.6. The third-order valence-corrected chi connectivity index (χ3v) is 3.85. The fourth-order valence-corrected chi connectivity index (χ4v) is 2.87. The van der Waals surface area contributed by atoms with Gasteiger partial charge >= 0.3 is 0 Å². The number of piperidine rings is 1. The van der Waals surface area contributed by atoms with Gasteiger partial charge in [-0.25, -0.2) is 0 Å². The Balaban J connectivity index is 1.81. The number of nitrogens with zero attached hydrogens (tertiary/aromatic N) is 2. The fourth-order valence-electron chi connectivity index (χ4n) is 2.71. The highest BCUT2D eigenvalue weighted by Gasteiger charge is 2.24. The topological polar surface area (TPSA) is 72.4 Å². The largest absolute Gasteiger partial charge is 0.423 e. The van der Waals surface area contributed by atoms with E-state index in [1.807, 2.05) is 6.07 Å². The summed E-state index contributed by atoms with van der Waals surface area (Å²) in [5.41, 5.74) is 6.75. The van der Waals surface area contributed by atoms with Gasteiger partial charge in [-0.2, -0.15) is 4.98 Å². The molecule has 5 nitrogen and oxygen atoms in total. The number of aromatic nitrogens is 1. The van der Waals surface area contributed by atoms with Crippen molar-refractivity contribution in [2.75, 3.05) is 18.0 Å². The molecule has 1 amide bonds. The molecule has 1 saturated heterocycles. The quantitative estimate of drug-likeness (QED) is 0.944. The lowest BCUT2D eigenvalue weighted by Crippen LogP contribution is -2.37. The van der Waals surface area contributed by atoms with Crippen LogP contribution in [0.2, 0.25) is 5.02 Å². The summed E-state index contributed by atoms with van der Waals surface area (Å²) in [7, 11) is 0. The average molecular weight is 294 g/mol. The predicted octanol–water partition coefficient (Wildman–Crippen LogP) is 2.57. The fraction of sp³-hybridized carbons (Fsp3) is 0.429. The van der Waals surface area contributed by atoms with Crippen molar-refractivity contribution in [3.05, 3.63) is 23.2 Å². The molecule has 2 N–H and O–H groups in total. The Kier molecular flexibility index (Phi) is 3.53. The third kappa shape index (κ3) is 2.72. The maximum absolute atomic E-state index is 11.0. The number of carbonyl (C=O) groups excluding carboxylic acids is 1. The maximum Gasteiger partial charge on any atom is 0.298 e. The SMILES string of the molecule is NC(=O)CC1CCCN(c2nc3ccc(Cl)cc3o2)C1. The van der Waals surface area contributed by atoms with Gasteiger partial charge in [-0.1, -0.05) is 11.6 Å². The summed E-state index contributed by atoms with van der Waals surface area (Å²) in [6, 6.07) is 5.99. The Labute approximate surface area is 121 Å². The van der Waals surface area contributed by atoms with Gasteiger partial charge in [0.25, 0.3) is 6.01 Å². The van der Waals surface area contributed by atoms with Crippen molar-refractivity contribution in [1.29, 1.82) is 0 Å². The van der Waals surface area contributed by atoms with Gasteiger partial charge in [0.05, 0.1) is 0 Å². The molecule has 0 radical (unpaired) electrons. The molecule has 1 aliphatic rings. The van der Waals surface area contributed by atoms with Gasteiger partial charge in [-0.3, -0.25) is 4.79 Å². The highest BCUT2D eigenvalue weighted by molar-refractivity contribution is 6.31. The first-order valence-electron chi connectivity index (χ1n) is 6.71. The van der Waals surface area contributed by atoms with Crippen LogP contribution in [0.25, 0.3) is 11.1 Å². The number of rotatable bonds is 3. The van der Waals surface area contributed by atoms with Crippen molar-refractivity contribution in [2.24, 2.45) is 11.7 Å². The molecule has 2 heterocycles. The van der Waals surface area contributed by atoms with E-state index in [9.17, 15) is 4.79 Å². The Morgan fingerprint density at radius 3 is 3.20 bits per heavy atom. The van der Waals surface area contributed by atoms with Gasteiger partial charge in [0.2, 0.25) is 5.91 Å². The number of nitrogens with two attached hydrogens (primary N) is 1. The van der Waals surface area contributed by atoms with Crippen LogP contribution < -0.4 is 10.6 Å². The van der Waals surface area contributed by atoms with E-state index in [1.54, 1.807) is 12.1 Å². The standard InChI is InChI=1S/C14H16ClN3O2/c15-10-3-4-11-12(7-10)20-14(17-11)18-5-1-2-9(8-18)6-13(16)19/h3-4,7,9H,1-2,5-6,8H2,(H2,16,19). The Morgan fingerprint density at radius 2 is 2.40 bits per heavy atom. The van der Waals surface area contributed by atoms with Crippen LogP contribution in [0.5, 0.6) is 0 Å². The highest BCUT2D eigenvalue weighted by Crippen LogP contribution is 2.28. The second kappa shape index (κ2) is 5.32. The lowest BCUT2D eigenvalue weighted by Gasteiger charge is -2.30. The van der Waals surface area contributed by atoms with Crippen LogP contribution in [-0.4, -0.2) is 24.0 Å². The van der Waals surface area contributed by atoms with Crippen molar-refractivity contribution in [3.8, 4) is 0 Å². The molecule has 0 bridgehead atoms. The molecule has 0 saturated carbocycles. The molecule has 1 fully saturated rings. The van der Waals surface area contributed by atoms with Gasteiger partial charge in [0.1, 0.15) is 5.52 Å². The summed E-state index contributed by atoms with van der Waals surface area (Å²) in [5.74, 6) is 0.0287. The normalized spacial score (nSPS) is 19.4. The van der Waals surface area contributed by atoms with Crippen molar-refractivity contribution >= 4 is 34.6 Å². The number of benzene rings is 1. The lowest BCUT2D eigenvalue weighted by atomic mass is 9.95. The molecule has 6 heteroatoms. The van der Waals surface area contributed by atoms with Crippen molar-refractivity contribution in [1.82, 2.24) is 4.98 Å². The molecule has 1 unspecified atom stereocenters. The Bertz CT molecular complexity index is 640. The molecule has 1 aliphatic heterocycles. The summed E-state index contributed by atoms with van der Waals surface area (Å²) in [6.07, 6.45) is 2.45. The van der Waals surface area contributed by atoms with Gasteiger partial charge in [0.15, 0.2) is 5.58 Å². The van der Waals surface area contributed by atoms with E-state index in [0.717, 1.165) is 31.4 Å². The van der Waals surface area contributed by atoms with Crippen LogP contribution in [0.15, 0.2) is 22.6 Å². The molecule has 2 aromatic rings. The van der Waals surface area contributed by atoms with E-state index < -0.39 is 0 Å². The zero-order valence-electron chi connectivity index (χ0n) is 11.0. The van der Waals surface area contributed by atoms with Crippen LogP contribution in [0.4, 0.5) is 6.01 Å². The summed E-state index contributed by atoms with van der Waals surface area (Å²) >= 11 is 5.94. The van der Waals surface area contributed by atoms with Gasteiger partial charge < -0.3 is 15.1 Å². The number of fused-ring (bicyclic) bond motifs is 1. The smallest absolute Gasteiger partial charge is 0.298 e. The zero-order valence-corrected chi connectivity index (χ0v) is 11.8. The van der Waals surface area contributed by atoms with Gasteiger partial charge in [0, 0.05) is 30.6 Å². The maximum atomic E-state index is 11.0. The third-order valence-electron chi connectivity index (χ3n) is 3.62. The predicted molar refractivity (Wildman–Crippen MR) is 77.8 cm³/mol. The molecule has 106 valence electrons. The van der Waals surface area contributed by atoms with Crippen LogP contribution in [0.3, 0.4) is 0 Å². The molecule has 1 aromatic heterocycles. The molecule has 1 aromatic carbocycles. The lowest BCUT2D eigenvalue weighted by molar-refractivity contribution is -0.118. The minimum absolute atomic E-state index is 0.249. The summed E-state index contributed by atoms with van der Waals surface area (Å²) < 4.78 is 5.76. The number of hydrogen-bond donors (Lipinski definition) is 1. The average Bonchev–Trinajstić information content (AvgIpc) is 2.81. The van der Waals surface area contributed by atoms with E-state index in [4.69, 9.17) is 21.8 Å². The van der Waals surface area contributed by atoms with Crippen LogP contribution >= 0.6 is 11.6 Å². The molecule has 1 atom stereocenters. The zero-order chi connectivity index (χ0) is 14.1. The van der Waals surface area contributed by atoms with Crippen LogP contribution in [-0.2, 0) is 4.79 Å². The number of halogens is 1. The van der Waals surface area contributed by atoms with Crippen molar-refractivity contribution in [3.63, 3.8) is 0 Å². The van der Waals surface area contributed by atoms with Gasteiger partial charge in [-0.05, 0) is 30.9 Å². The number of primary amides is 1. The van der Waals surface area contributed by atoms with E-state index in [0.29, 0.717) is 23.0 Å². The summed E-state index contributed by atoms with van der Waals surface area (Å²) in [6.45, 7) is 1.64. The van der Waals surface area contributed by atoms with Crippen LogP contribution in [0, 0.1) is 5.92 Å². The van der Waals surface area contributed by atoms with Crippen molar-refractivity contribution < 1.29 is 9.21 Å². The Hall–Kier alpha value is -1.75. The molecular weight excluding hydrogens is 278 g/mol. The minimum atomic E-state index is -0.249. The van der Waals surface area contributed by atoms with E-state index in [2.05, 4.69) is 9.88 Å². The van der Waals surface area contributed by atoms with E-state index >= 15 is 0 Å². The molecule has 20 heavy (non-hydrogen) atoms. The number of amides is 1. The molecule has 0 spiro atoms. The second-order valence-corrected chi connectivity index (χ2v) is 5.67. The number of oxazole rings is 1. The van der Waals surface area contributed by atoms with Crippen molar-refractivity contribution in [2.45, 2.75) is 19.3 Å². The molecular formula is C14H16ClN3O2. The first-order chi connectivity index (χ1) is 9.61. The molecule has 0 aliphatic carbocycles. The molecule has 3 rings (SSSR count). The van der Waals surface area contributed by atoms with Gasteiger partial charge in [-0.15, -0.1) is 0 Å². The van der Waals surface area contributed by atoms with Crippen LogP contribution in [0.1, 0.15) is 19.3 Å². The number of anilines is 1. The summed E-state index contributed by atoms with van der Waals surface area (Å²) in [5, 5.41) is 0.630. The van der Waals surface area contributed by atoms with E-state index in [1.165, 1.54) is 0 Å². The first kappa shape index (κ1) is 13.2.